The molecule has 32 heavy (non-hydrogen) atoms. The van der Waals surface area contributed by atoms with E-state index in [1.165, 1.54) is 0 Å². The lowest BCUT2D eigenvalue weighted by molar-refractivity contribution is -0.128. The monoisotopic (exact) mass is 430 g/mol. The van der Waals surface area contributed by atoms with Gasteiger partial charge in [-0.15, -0.1) is 0 Å². The normalized spacial score (nSPS) is 17.0. The summed E-state index contributed by atoms with van der Waals surface area (Å²) in [6.07, 6.45) is 6.01. The first-order valence-corrected chi connectivity index (χ1v) is 10.4. The van der Waals surface area contributed by atoms with Gasteiger partial charge >= 0.3 is 0 Å². The largest absolute Gasteiger partial charge is 0.360 e. The molecular formula is C22H22N8O2. The Bertz CT molecular complexity index is 1240. The number of aromatic nitrogens is 6. The molecule has 2 N–H and O–H groups in total. The Hall–Kier alpha value is -4.08. The van der Waals surface area contributed by atoms with Crippen LogP contribution in [0.4, 0.5) is 5.95 Å². The molecule has 0 aromatic carbocycles. The Morgan fingerprint density at radius 1 is 1.19 bits per heavy atom. The van der Waals surface area contributed by atoms with Crippen LogP contribution < -0.4 is 5.32 Å². The molecule has 5 rings (SSSR count). The van der Waals surface area contributed by atoms with Crippen molar-refractivity contribution < 1.29 is 9.32 Å². The average molecular weight is 430 g/mol. The van der Waals surface area contributed by atoms with Gasteiger partial charge in [-0.3, -0.25) is 9.89 Å². The molecule has 0 radical (unpaired) electrons. The number of nitrogens with one attached hydrogen (secondary N) is 2. The van der Waals surface area contributed by atoms with Crippen LogP contribution in [0.2, 0.25) is 0 Å². The molecule has 1 aliphatic rings. The van der Waals surface area contributed by atoms with Crippen LogP contribution in [0.15, 0.2) is 53.4 Å². The maximum Gasteiger partial charge on any atom is 0.233 e. The number of anilines is 1. The maximum atomic E-state index is 12.3. The number of amides is 1. The molecular weight excluding hydrogens is 408 g/mol. The van der Waals surface area contributed by atoms with Crippen molar-refractivity contribution in [1.29, 1.82) is 0 Å². The number of hydrogen-bond acceptors (Lipinski definition) is 8. The van der Waals surface area contributed by atoms with E-state index in [1.54, 1.807) is 36.5 Å². The second-order valence-electron chi connectivity index (χ2n) is 7.79. The Morgan fingerprint density at radius 3 is 2.75 bits per heavy atom. The third kappa shape index (κ3) is 3.82. The summed E-state index contributed by atoms with van der Waals surface area (Å²) in [5, 5.41) is 14.2. The van der Waals surface area contributed by atoms with Crippen molar-refractivity contribution in [3.63, 3.8) is 0 Å². The molecule has 10 heteroatoms. The van der Waals surface area contributed by atoms with Gasteiger partial charge in [-0.2, -0.15) is 5.10 Å². The molecule has 10 nitrogen and oxygen atoms in total. The van der Waals surface area contributed by atoms with Crippen LogP contribution in [0, 0.1) is 0 Å². The number of carbonyl (C=O) groups is 1. The van der Waals surface area contributed by atoms with Crippen molar-refractivity contribution in [2.75, 3.05) is 18.9 Å². The molecule has 0 unspecified atom stereocenters. The first-order chi connectivity index (χ1) is 15.6. The summed E-state index contributed by atoms with van der Waals surface area (Å²) in [4.78, 5) is 27.6. The van der Waals surface area contributed by atoms with Gasteiger partial charge in [0.1, 0.15) is 17.4 Å². The number of rotatable bonds is 6. The van der Waals surface area contributed by atoms with Gasteiger partial charge in [-0.05, 0) is 31.5 Å². The van der Waals surface area contributed by atoms with Gasteiger partial charge in [0.2, 0.25) is 11.9 Å². The molecule has 4 aromatic heterocycles. The predicted molar refractivity (Wildman–Crippen MR) is 116 cm³/mol. The summed E-state index contributed by atoms with van der Waals surface area (Å²) in [5.41, 5.74) is 3.61. The number of nitrogens with zero attached hydrogens (tertiary/aromatic N) is 6. The topological polar surface area (TPSA) is 126 Å². The smallest absolute Gasteiger partial charge is 0.233 e. The van der Waals surface area contributed by atoms with E-state index in [2.05, 4.69) is 30.6 Å². The summed E-state index contributed by atoms with van der Waals surface area (Å²) in [6.45, 7) is 2.73. The third-order valence-electron chi connectivity index (χ3n) is 5.59. The second-order valence-corrected chi connectivity index (χ2v) is 7.79. The Labute approximate surface area is 184 Å². The summed E-state index contributed by atoms with van der Waals surface area (Å²) in [5.74, 6) is 0.844. The Kier molecular flexibility index (Phi) is 5.10. The maximum absolute atomic E-state index is 12.3. The summed E-state index contributed by atoms with van der Waals surface area (Å²) in [6, 6.07) is 9.23. The zero-order valence-corrected chi connectivity index (χ0v) is 17.7. The first kappa shape index (κ1) is 19.9. The molecule has 0 spiro atoms. The SMILES string of the molecule is C[C@H](Nc1nccc(-c2cccc(-c3cc([C@@H]4CCN(C)C4=O)on3)n2)n1)c1cn[nH]c1. The van der Waals surface area contributed by atoms with Crippen molar-refractivity contribution in [3.8, 4) is 22.8 Å². The predicted octanol–water partition coefficient (Wildman–Crippen LogP) is 3.04. The van der Waals surface area contributed by atoms with Crippen LogP contribution in [0.25, 0.3) is 22.8 Å². The van der Waals surface area contributed by atoms with Crippen molar-refractivity contribution in [1.82, 2.24) is 35.2 Å². The second kappa shape index (κ2) is 8.22. The van der Waals surface area contributed by atoms with E-state index in [4.69, 9.17) is 9.51 Å². The molecule has 0 bridgehead atoms. The first-order valence-electron chi connectivity index (χ1n) is 10.4. The molecule has 5 heterocycles. The minimum absolute atomic E-state index is 0.00538. The van der Waals surface area contributed by atoms with Crippen LogP contribution in [-0.4, -0.2) is 54.7 Å². The fraction of sp³-hybridized carbons (Fsp3) is 0.273. The number of carbonyl (C=O) groups excluding carboxylic acids is 1. The summed E-state index contributed by atoms with van der Waals surface area (Å²) < 4.78 is 5.48. The number of pyridine rings is 1. The van der Waals surface area contributed by atoms with Crippen molar-refractivity contribution in [2.45, 2.75) is 25.3 Å². The minimum atomic E-state index is -0.280. The van der Waals surface area contributed by atoms with Crippen LogP contribution in [-0.2, 0) is 4.79 Å². The van der Waals surface area contributed by atoms with E-state index in [1.807, 2.05) is 31.3 Å². The van der Waals surface area contributed by atoms with E-state index in [9.17, 15) is 4.79 Å². The molecule has 1 saturated heterocycles. The summed E-state index contributed by atoms with van der Waals surface area (Å²) >= 11 is 0. The fourth-order valence-electron chi connectivity index (χ4n) is 3.73. The van der Waals surface area contributed by atoms with E-state index < -0.39 is 0 Å². The quantitative estimate of drug-likeness (QED) is 0.478. The molecule has 0 saturated carbocycles. The molecule has 1 amide bonds. The molecule has 4 aromatic rings. The van der Waals surface area contributed by atoms with Crippen LogP contribution in [0.5, 0.6) is 0 Å². The van der Waals surface area contributed by atoms with Gasteiger partial charge in [0.25, 0.3) is 0 Å². The Morgan fingerprint density at radius 2 is 2.00 bits per heavy atom. The van der Waals surface area contributed by atoms with Crippen LogP contribution in [0.1, 0.15) is 36.6 Å². The Balaban J connectivity index is 1.37. The summed E-state index contributed by atoms with van der Waals surface area (Å²) in [7, 11) is 1.80. The third-order valence-corrected chi connectivity index (χ3v) is 5.59. The standard InChI is InChI=1S/C22H22N8O2/c1-13(14-11-24-25-12-14)26-22-23-8-6-18(28-22)16-4-3-5-17(27-16)19-10-20(32-29-19)15-7-9-30(2)21(15)31/h3-6,8,10-13,15H,7,9H2,1-2H3,(H,24,25)(H,23,26,28)/t13-,15-/m0/s1. The molecule has 162 valence electrons. The number of aromatic amines is 1. The van der Waals surface area contributed by atoms with Crippen molar-refractivity contribution >= 4 is 11.9 Å². The van der Waals surface area contributed by atoms with Crippen LogP contribution in [0.3, 0.4) is 0 Å². The molecule has 0 aliphatic carbocycles. The number of hydrogen-bond donors (Lipinski definition) is 2. The van der Waals surface area contributed by atoms with Gasteiger partial charge in [-0.1, -0.05) is 11.2 Å². The number of likely N-dealkylation sites (N-methyl/N-ethyl adjacent to an activating group) is 1. The highest BCUT2D eigenvalue weighted by Crippen LogP contribution is 2.30. The van der Waals surface area contributed by atoms with Gasteiger partial charge < -0.3 is 14.7 Å². The zero-order chi connectivity index (χ0) is 22.1. The lowest BCUT2D eigenvalue weighted by Crippen LogP contribution is -2.21. The lowest BCUT2D eigenvalue weighted by atomic mass is 10.0. The number of H-pyrrole nitrogens is 1. The molecule has 2 atom stereocenters. The highest BCUT2D eigenvalue weighted by molar-refractivity contribution is 5.85. The van der Waals surface area contributed by atoms with Gasteiger partial charge in [-0.25, -0.2) is 15.0 Å². The van der Waals surface area contributed by atoms with Crippen molar-refractivity contribution in [3.05, 3.63) is 60.2 Å². The van der Waals surface area contributed by atoms with Crippen LogP contribution >= 0.6 is 0 Å². The highest BCUT2D eigenvalue weighted by atomic mass is 16.5. The molecule has 1 fully saturated rings. The average Bonchev–Trinajstić information content (AvgIpc) is 3.57. The van der Waals surface area contributed by atoms with E-state index in [0.717, 1.165) is 18.5 Å². The van der Waals surface area contributed by atoms with Crippen molar-refractivity contribution in [2.24, 2.45) is 0 Å². The number of likely N-dealkylation sites (tertiary alicyclic amines) is 1. The van der Waals surface area contributed by atoms with Gasteiger partial charge in [0.15, 0.2) is 0 Å². The van der Waals surface area contributed by atoms with E-state index in [-0.39, 0.29) is 17.9 Å². The highest BCUT2D eigenvalue weighted by Gasteiger charge is 2.33. The minimum Gasteiger partial charge on any atom is -0.360 e. The zero-order valence-electron chi connectivity index (χ0n) is 17.7. The fourth-order valence-corrected chi connectivity index (χ4v) is 3.73. The van der Waals surface area contributed by atoms with E-state index >= 15 is 0 Å². The van der Waals surface area contributed by atoms with Gasteiger partial charge in [0.05, 0.1) is 29.3 Å². The van der Waals surface area contributed by atoms with E-state index in [0.29, 0.717) is 34.5 Å². The molecule has 1 aliphatic heterocycles. The van der Waals surface area contributed by atoms with Gasteiger partial charge in [0, 0.05) is 37.6 Å². The lowest BCUT2D eigenvalue weighted by Gasteiger charge is -2.12.